The third-order valence-corrected chi connectivity index (χ3v) is 8.26. The van der Waals surface area contributed by atoms with Crippen molar-refractivity contribution in [1.29, 1.82) is 0 Å². The summed E-state index contributed by atoms with van der Waals surface area (Å²) in [6, 6.07) is 55.3. The molecule has 2 unspecified atom stereocenters. The van der Waals surface area contributed by atoms with Crippen LogP contribution in [0.3, 0.4) is 0 Å². The summed E-state index contributed by atoms with van der Waals surface area (Å²) in [4.78, 5) is 0. The molecule has 2 atom stereocenters. The van der Waals surface area contributed by atoms with Crippen molar-refractivity contribution in [3.05, 3.63) is 191 Å². The van der Waals surface area contributed by atoms with Crippen LogP contribution in [-0.4, -0.2) is 4.57 Å². The van der Waals surface area contributed by atoms with Crippen LogP contribution in [0.15, 0.2) is 158 Å². The number of fused-ring (bicyclic) bond motifs is 3. The molecule has 0 radical (unpaired) electrons. The third kappa shape index (κ3) is 5.53. The lowest BCUT2D eigenvalue weighted by atomic mass is 9.89. The fourth-order valence-electron chi connectivity index (χ4n) is 5.98. The minimum atomic E-state index is -0.0481. The minimum absolute atomic E-state index is 0.0481. The highest BCUT2D eigenvalue weighted by Crippen LogP contribution is 2.35. The van der Waals surface area contributed by atoms with Gasteiger partial charge in [0.25, 0.3) is 0 Å². The Balaban J connectivity index is 1.37. The molecule has 208 valence electrons. The van der Waals surface area contributed by atoms with Gasteiger partial charge in [-0.25, -0.2) is 0 Å². The molecule has 0 amide bonds. The lowest BCUT2D eigenvalue weighted by Gasteiger charge is -2.13. The van der Waals surface area contributed by atoms with Gasteiger partial charge >= 0.3 is 0 Å². The first-order valence-corrected chi connectivity index (χ1v) is 15.0. The number of benzene rings is 6. The Kier molecular flexibility index (Phi) is 7.53. The lowest BCUT2D eigenvalue weighted by Crippen LogP contribution is -1.99. The van der Waals surface area contributed by atoms with Gasteiger partial charge in [0.15, 0.2) is 0 Å². The molecule has 0 aliphatic heterocycles. The van der Waals surface area contributed by atoms with Gasteiger partial charge in [-0.1, -0.05) is 133 Å². The molecule has 1 nitrogen and oxygen atoms in total. The zero-order valence-electron chi connectivity index (χ0n) is 24.6. The summed E-state index contributed by atoms with van der Waals surface area (Å²) in [7, 11) is 2.15. The molecule has 0 aliphatic rings. The highest BCUT2D eigenvalue weighted by Gasteiger charge is 2.18. The van der Waals surface area contributed by atoms with Gasteiger partial charge in [-0.2, -0.15) is 0 Å². The quantitative estimate of drug-likeness (QED) is 0.189. The van der Waals surface area contributed by atoms with Crippen LogP contribution in [0.2, 0.25) is 0 Å². The minimum Gasteiger partial charge on any atom is -0.344 e. The van der Waals surface area contributed by atoms with Crippen molar-refractivity contribution >= 4 is 21.8 Å². The zero-order chi connectivity index (χ0) is 29.7. The van der Waals surface area contributed by atoms with Crippen molar-refractivity contribution in [3.63, 3.8) is 0 Å². The van der Waals surface area contributed by atoms with E-state index in [-0.39, 0.29) is 11.8 Å². The number of aromatic nitrogens is 1. The average Bonchev–Trinajstić information content (AvgIpc) is 3.37. The maximum Gasteiger partial charge on any atom is 0.0706 e. The smallest absolute Gasteiger partial charge is 0.0706 e. The van der Waals surface area contributed by atoms with Crippen LogP contribution in [0.25, 0.3) is 21.8 Å². The zero-order valence-corrected chi connectivity index (χ0v) is 24.6. The van der Waals surface area contributed by atoms with Crippen LogP contribution in [0.4, 0.5) is 0 Å². The molecular weight excluding hydrogens is 530 g/mol. The summed E-state index contributed by atoms with van der Waals surface area (Å²) in [5.41, 5.74) is 9.21. The molecule has 1 heterocycles. The monoisotopic (exact) mass is 561 g/mol. The van der Waals surface area contributed by atoms with Gasteiger partial charge < -0.3 is 4.57 Å². The SMILES string of the molecule is Cn1c2ccc(C(C#Cc3ccccc3)c3ccccc3)cc2c2cc(C(C#Cc3ccccc3)c3ccccc3)ccc21. The lowest BCUT2D eigenvalue weighted by molar-refractivity contribution is 1.01. The predicted octanol–water partition coefficient (Wildman–Crippen LogP) is 9.70. The number of hydrogen-bond acceptors (Lipinski definition) is 0. The molecule has 7 aromatic rings. The summed E-state index contributed by atoms with van der Waals surface area (Å²) < 4.78 is 2.29. The normalized spacial score (nSPS) is 12.1. The summed E-state index contributed by atoms with van der Waals surface area (Å²) in [6.45, 7) is 0. The van der Waals surface area contributed by atoms with Crippen LogP contribution in [0.1, 0.15) is 45.2 Å². The molecule has 0 fully saturated rings. The molecule has 0 N–H and O–H groups in total. The van der Waals surface area contributed by atoms with E-state index in [9.17, 15) is 0 Å². The second-order valence-electron chi connectivity index (χ2n) is 11.1. The molecule has 1 aromatic heterocycles. The van der Waals surface area contributed by atoms with Crippen molar-refractivity contribution in [3.8, 4) is 23.7 Å². The van der Waals surface area contributed by atoms with Crippen LogP contribution >= 0.6 is 0 Å². The molecule has 0 bridgehead atoms. The van der Waals surface area contributed by atoms with Gasteiger partial charge in [0.05, 0.1) is 11.8 Å². The van der Waals surface area contributed by atoms with Gasteiger partial charge in [-0.3, -0.25) is 0 Å². The molecule has 0 saturated carbocycles. The van der Waals surface area contributed by atoms with E-state index in [1.54, 1.807) is 0 Å². The molecule has 6 aromatic carbocycles. The second kappa shape index (κ2) is 12.2. The molecule has 0 aliphatic carbocycles. The Hall–Kier alpha value is -5.76. The van der Waals surface area contributed by atoms with E-state index in [4.69, 9.17) is 0 Å². The van der Waals surface area contributed by atoms with E-state index in [1.807, 2.05) is 36.4 Å². The van der Waals surface area contributed by atoms with E-state index in [2.05, 4.69) is 157 Å². The van der Waals surface area contributed by atoms with Gasteiger partial charge in [-0.05, 0) is 70.8 Å². The largest absolute Gasteiger partial charge is 0.344 e. The maximum absolute atomic E-state index is 3.60. The number of hydrogen-bond donors (Lipinski definition) is 0. The third-order valence-electron chi connectivity index (χ3n) is 8.26. The average molecular weight is 562 g/mol. The Morgan fingerprint density at radius 1 is 0.409 bits per heavy atom. The van der Waals surface area contributed by atoms with Crippen molar-refractivity contribution in [2.24, 2.45) is 7.05 Å². The fourth-order valence-corrected chi connectivity index (χ4v) is 5.98. The fraction of sp³-hybridized carbons (Fsp3) is 0.0698. The Morgan fingerprint density at radius 3 is 1.16 bits per heavy atom. The molecule has 7 rings (SSSR count). The van der Waals surface area contributed by atoms with Crippen LogP contribution in [0, 0.1) is 23.7 Å². The number of nitrogens with zero attached hydrogens (tertiary/aromatic N) is 1. The molecule has 0 saturated heterocycles. The first-order chi connectivity index (χ1) is 21.7. The van der Waals surface area contributed by atoms with Crippen LogP contribution in [0.5, 0.6) is 0 Å². The van der Waals surface area contributed by atoms with E-state index in [1.165, 1.54) is 44.1 Å². The molecule has 1 heteroatoms. The second-order valence-corrected chi connectivity index (χ2v) is 11.1. The standard InChI is InChI=1S/C43H31N/c1-44-42-28-24-36(38(34-18-10-4-11-19-34)26-22-32-14-6-2-7-15-32)30-40(42)41-31-37(25-29-43(41)44)39(35-20-12-5-13-21-35)27-23-33-16-8-3-9-17-33/h2-21,24-25,28-31,38-39H,1H3. The van der Waals surface area contributed by atoms with Gasteiger partial charge in [0.2, 0.25) is 0 Å². The molecule has 44 heavy (non-hydrogen) atoms. The van der Waals surface area contributed by atoms with Gasteiger partial charge in [-0.15, -0.1) is 0 Å². The van der Waals surface area contributed by atoms with E-state index in [0.717, 1.165) is 11.1 Å². The van der Waals surface area contributed by atoms with Crippen LogP contribution < -0.4 is 0 Å². The Morgan fingerprint density at radius 2 is 0.773 bits per heavy atom. The van der Waals surface area contributed by atoms with E-state index < -0.39 is 0 Å². The Bertz CT molecular complexity index is 2010. The summed E-state index contributed by atoms with van der Waals surface area (Å²) in [5, 5.41) is 2.46. The summed E-state index contributed by atoms with van der Waals surface area (Å²) in [6.07, 6.45) is 0. The van der Waals surface area contributed by atoms with Crippen molar-refractivity contribution < 1.29 is 0 Å². The molecule has 0 spiro atoms. The Labute approximate surface area is 259 Å². The summed E-state index contributed by atoms with van der Waals surface area (Å²) >= 11 is 0. The highest BCUT2D eigenvalue weighted by molar-refractivity contribution is 6.08. The van der Waals surface area contributed by atoms with Crippen molar-refractivity contribution in [1.82, 2.24) is 4.57 Å². The molecular formula is C43H31N. The van der Waals surface area contributed by atoms with E-state index in [0.29, 0.717) is 0 Å². The van der Waals surface area contributed by atoms with Crippen molar-refractivity contribution in [2.75, 3.05) is 0 Å². The summed E-state index contributed by atoms with van der Waals surface area (Å²) in [5.74, 6) is 14.0. The maximum atomic E-state index is 3.60. The van der Waals surface area contributed by atoms with Crippen LogP contribution in [-0.2, 0) is 7.05 Å². The van der Waals surface area contributed by atoms with E-state index >= 15 is 0 Å². The first kappa shape index (κ1) is 27.1. The van der Waals surface area contributed by atoms with Gasteiger partial charge in [0.1, 0.15) is 0 Å². The number of rotatable bonds is 4. The predicted molar refractivity (Wildman–Crippen MR) is 184 cm³/mol. The number of aryl methyl sites for hydroxylation is 1. The first-order valence-electron chi connectivity index (χ1n) is 15.0. The highest BCUT2D eigenvalue weighted by atomic mass is 14.9. The van der Waals surface area contributed by atoms with Crippen molar-refractivity contribution in [2.45, 2.75) is 11.8 Å². The topological polar surface area (TPSA) is 4.93 Å². The van der Waals surface area contributed by atoms with Gasteiger partial charge in [0, 0.05) is 40.0 Å².